The number of nitrogens with one attached hydrogen (secondary N) is 1. The summed E-state index contributed by atoms with van der Waals surface area (Å²) >= 11 is 2.00. The molecule has 1 saturated carbocycles. The lowest BCUT2D eigenvalue weighted by molar-refractivity contribution is -0.140. The van der Waals surface area contributed by atoms with Gasteiger partial charge in [-0.15, -0.1) is 11.8 Å². The zero-order chi connectivity index (χ0) is 14.4. The van der Waals surface area contributed by atoms with Crippen LogP contribution in [0.4, 0.5) is 0 Å². The first-order chi connectivity index (χ1) is 10.2. The molecule has 1 aromatic carbocycles. The van der Waals surface area contributed by atoms with E-state index in [-0.39, 0.29) is 10.9 Å². The number of hydrogen-bond donors (Lipinski definition) is 2. The van der Waals surface area contributed by atoms with E-state index in [1.54, 1.807) is 0 Å². The van der Waals surface area contributed by atoms with E-state index in [4.69, 9.17) is 0 Å². The van der Waals surface area contributed by atoms with Crippen LogP contribution in [-0.2, 0) is 17.6 Å². The van der Waals surface area contributed by atoms with Gasteiger partial charge in [-0.1, -0.05) is 24.3 Å². The lowest BCUT2D eigenvalue weighted by Crippen LogP contribution is -2.59. The SMILES string of the molecule is O=C(O)C1CCSC2(N1)C1CCC2Cc2ccccc2C1. The van der Waals surface area contributed by atoms with Crippen LogP contribution in [-0.4, -0.2) is 27.7 Å². The van der Waals surface area contributed by atoms with Crippen LogP contribution < -0.4 is 5.32 Å². The topological polar surface area (TPSA) is 49.3 Å². The monoisotopic (exact) mass is 303 g/mol. The second-order valence-electron chi connectivity index (χ2n) is 6.61. The maximum absolute atomic E-state index is 11.4. The van der Waals surface area contributed by atoms with Gasteiger partial charge in [0.05, 0.1) is 4.87 Å². The molecule has 2 fully saturated rings. The van der Waals surface area contributed by atoms with Crippen molar-refractivity contribution in [3.63, 3.8) is 0 Å². The van der Waals surface area contributed by atoms with Crippen LogP contribution in [0.1, 0.15) is 30.4 Å². The Morgan fingerprint density at radius 2 is 1.76 bits per heavy atom. The summed E-state index contributed by atoms with van der Waals surface area (Å²) in [5, 5.41) is 13.0. The number of fused-ring (bicyclic) bond motifs is 1. The average molecular weight is 303 g/mol. The third kappa shape index (κ3) is 2.11. The highest BCUT2D eigenvalue weighted by Gasteiger charge is 2.54. The first-order valence-corrected chi connectivity index (χ1v) is 8.89. The van der Waals surface area contributed by atoms with Gasteiger partial charge in [-0.3, -0.25) is 10.1 Å². The zero-order valence-corrected chi connectivity index (χ0v) is 12.9. The minimum absolute atomic E-state index is 0.0136. The Kier molecular flexibility index (Phi) is 3.27. The average Bonchev–Trinajstić information content (AvgIpc) is 2.71. The van der Waals surface area contributed by atoms with E-state index in [1.165, 1.54) is 24.0 Å². The molecule has 0 radical (unpaired) electrons. The van der Waals surface area contributed by atoms with E-state index in [9.17, 15) is 9.90 Å². The van der Waals surface area contributed by atoms with Crippen LogP contribution in [0.2, 0.25) is 0 Å². The molecule has 0 aromatic heterocycles. The predicted octanol–water partition coefficient (Wildman–Crippen LogP) is 2.69. The molecule has 1 spiro atoms. The van der Waals surface area contributed by atoms with Crippen LogP contribution in [0, 0.1) is 11.8 Å². The molecule has 1 aliphatic heterocycles. The van der Waals surface area contributed by atoms with Gasteiger partial charge < -0.3 is 5.11 Å². The summed E-state index contributed by atoms with van der Waals surface area (Å²) in [6.07, 6.45) is 5.39. The van der Waals surface area contributed by atoms with Crippen molar-refractivity contribution in [1.82, 2.24) is 5.32 Å². The number of aliphatic carboxylic acids is 1. The lowest BCUT2D eigenvalue weighted by Gasteiger charge is -2.45. The maximum atomic E-state index is 11.4. The van der Waals surface area contributed by atoms with Gasteiger partial charge in [0.1, 0.15) is 6.04 Å². The molecular weight excluding hydrogens is 282 g/mol. The third-order valence-corrected chi connectivity index (χ3v) is 7.27. The van der Waals surface area contributed by atoms with Crippen LogP contribution in [0.25, 0.3) is 0 Å². The van der Waals surface area contributed by atoms with Crippen molar-refractivity contribution in [2.24, 2.45) is 11.8 Å². The first kappa shape index (κ1) is 13.6. The first-order valence-electron chi connectivity index (χ1n) is 7.90. The maximum Gasteiger partial charge on any atom is 0.320 e. The molecule has 4 rings (SSSR count). The molecule has 112 valence electrons. The Hall–Kier alpha value is -1.00. The molecule has 3 nitrogen and oxygen atoms in total. The van der Waals surface area contributed by atoms with Gasteiger partial charge in [-0.25, -0.2) is 0 Å². The molecule has 0 amide bonds. The normalized spacial score (nSPS) is 38.0. The van der Waals surface area contributed by atoms with E-state index < -0.39 is 5.97 Å². The fraction of sp³-hybridized carbons (Fsp3) is 0.588. The van der Waals surface area contributed by atoms with Crippen molar-refractivity contribution in [3.05, 3.63) is 35.4 Å². The molecule has 1 heterocycles. The van der Waals surface area contributed by atoms with Crippen LogP contribution >= 0.6 is 11.8 Å². The fourth-order valence-electron chi connectivity index (χ4n) is 4.55. The smallest absolute Gasteiger partial charge is 0.320 e. The van der Waals surface area contributed by atoms with E-state index in [0.29, 0.717) is 11.8 Å². The van der Waals surface area contributed by atoms with Gasteiger partial charge in [0.15, 0.2) is 0 Å². The zero-order valence-electron chi connectivity index (χ0n) is 12.0. The predicted molar refractivity (Wildman–Crippen MR) is 84.4 cm³/mol. The molecule has 2 bridgehead atoms. The molecule has 1 aromatic rings. The lowest BCUT2D eigenvalue weighted by atomic mass is 9.92. The molecule has 3 atom stereocenters. The van der Waals surface area contributed by atoms with Crippen LogP contribution in [0.5, 0.6) is 0 Å². The Balaban J connectivity index is 1.70. The molecule has 1 saturated heterocycles. The summed E-state index contributed by atoms with van der Waals surface area (Å²) in [5.41, 5.74) is 2.95. The Morgan fingerprint density at radius 1 is 1.14 bits per heavy atom. The summed E-state index contributed by atoms with van der Waals surface area (Å²) in [6, 6.07) is 8.41. The summed E-state index contributed by atoms with van der Waals surface area (Å²) < 4.78 is 0. The van der Waals surface area contributed by atoms with E-state index >= 15 is 0 Å². The van der Waals surface area contributed by atoms with Gasteiger partial charge in [0.25, 0.3) is 0 Å². The minimum atomic E-state index is -0.684. The van der Waals surface area contributed by atoms with Crippen molar-refractivity contribution in [2.75, 3.05) is 5.75 Å². The highest BCUT2D eigenvalue weighted by molar-refractivity contribution is 8.00. The van der Waals surface area contributed by atoms with Gasteiger partial charge in [-0.05, 0) is 60.8 Å². The summed E-state index contributed by atoms with van der Waals surface area (Å²) in [7, 11) is 0. The number of hydrogen-bond acceptors (Lipinski definition) is 3. The highest BCUT2D eigenvalue weighted by Crippen LogP contribution is 2.54. The fourth-order valence-corrected chi connectivity index (χ4v) is 6.34. The molecule has 4 heteroatoms. The molecular formula is C17H21NO2S. The van der Waals surface area contributed by atoms with E-state index in [1.807, 2.05) is 11.8 Å². The molecule has 3 unspecified atom stereocenters. The third-order valence-electron chi connectivity index (χ3n) is 5.57. The number of carboxylic acids is 1. The Morgan fingerprint density at radius 3 is 2.33 bits per heavy atom. The van der Waals surface area contributed by atoms with Crippen molar-refractivity contribution in [3.8, 4) is 0 Å². The minimum Gasteiger partial charge on any atom is -0.480 e. The highest BCUT2D eigenvalue weighted by atomic mass is 32.2. The van der Waals surface area contributed by atoms with Crippen LogP contribution in [0.3, 0.4) is 0 Å². The summed E-state index contributed by atoms with van der Waals surface area (Å²) in [4.78, 5) is 11.4. The van der Waals surface area contributed by atoms with E-state index in [0.717, 1.165) is 25.0 Å². The van der Waals surface area contributed by atoms with Crippen molar-refractivity contribution >= 4 is 17.7 Å². The number of thioether (sulfide) groups is 1. The second kappa shape index (κ2) is 5.03. The Labute approximate surface area is 129 Å². The van der Waals surface area contributed by atoms with Crippen molar-refractivity contribution in [2.45, 2.75) is 43.0 Å². The number of benzene rings is 1. The number of carboxylic acid groups (broad SMARTS) is 1. The van der Waals surface area contributed by atoms with Crippen molar-refractivity contribution < 1.29 is 9.90 Å². The number of carbonyl (C=O) groups is 1. The van der Waals surface area contributed by atoms with Crippen molar-refractivity contribution in [1.29, 1.82) is 0 Å². The number of rotatable bonds is 1. The molecule has 3 aliphatic rings. The largest absolute Gasteiger partial charge is 0.480 e. The Bertz CT molecular complexity index is 541. The molecule has 21 heavy (non-hydrogen) atoms. The summed E-state index contributed by atoms with van der Waals surface area (Å²) in [6.45, 7) is 0. The van der Waals surface area contributed by atoms with Gasteiger partial charge >= 0.3 is 5.97 Å². The quantitative estimate of drug-likeness (QED) is 0.837. The van der Waals surface area contributed by atoms with Gasteiger partial charge in [-0.2, -0.15) is 0 Å². The standard InChI is InChI=1S/C17H21NO2S/c19-16(20)15-7-8-21-17(18-15)13-5-6-14(17)10-12-4-2-1-3-11(12)9-13/h1-4,13-15,18H,5-10H2,(H,19,20). The molecule has 2 aliphatic carbocycles. The van der Waals surface area contributed by atoms with Gasteiger partial charge in [0, 0.05) is 0 Å². The van der Waals surface area contributed by atoms with Crippen LogP contribution in [0.15, 0.2) is 24.3 Å². The summed E-state index contributed by atoms with van der Waals surface area (Å²) in [5.74, 6) is 1.42. The van der Waals surface area contributed by atoms with Gasteiger partial charge in [0.2, 0.25) is 0 Å². The second-order valence-corrected chi connectivity index (χ2v) is 7.99. The van der Waals surface area contributed by atoms with E-state index in [2.05, 4.69) is 29.6 Å². The molecule has 2 N–H and O–H groups in total.